The minimum Gasteiger partial charge on any atom is -0.504 e. The van der Waals surface area contributed by atoms with Crippen LogP contribution in [0.2, 0.25) is 0 Å². The van der Waals surface area contributed by atoms with Crippen molar-refractivity contribution in [1.29, 1.82) is 0 Å². The smallest absolute Gasteiger partial charge is 0.221 e. The van der Waals surface area contributed by atoms with Gasteiger partial charge in [0.25, 0.3) is 0 Å². The van der Waals surface area contributed by atoms with Crippen LogP contribution in [0, 0.1) is 0 Å². The molecule has 98 valence electrons. The topological polar surface area (TPSA) is 139 Å². The highest BCUT2D eigenvalue weighted by molar-refractivity contribution is 5.75. The van der Waals surface area contributed by atoms with Crippen molar-refractivity contribution in [2.75, 3.05) is 11.5 Å². The maximum Gasteiger partial charge on any atom is 0.221 e. The molecule has 1 aromatic carbocycles. The van der Waals surface area contributed by atoms with Gasteiger partial charge >= 0.3 is 0 Å². The summed E-state index contributed by atoms with van der Waals surface area (Å²) in [4.78, 5) is 7.59. The van der Waals surface area contributed by atoms with Crippen molar-refractivity contribution in [2.24, 2.45) is 0 Å². The number of anilines is 2. The first-order valence-electron chi connectivity index (χ1n) is 5.28. The van der Waals surface area contributed by atoms with Gasteiger partial charge in [0.2, 0.25) is 5.95 Å². The zero-order valence-electron chi connectivity index (χ0n) is 9.78. The van der Waals surface area contributed by atoms with Gasteiger partial charge in [-0.2, -0.15) is 4.98 Å². The van der Waals surface area contributed by atoms with Gasteiger partial charge in [-0.05, 0) is 23.8 Å². The molecule has 0 fully saturated rings. The molecule has 0 saturated carbocycles. The molecule has 2 aromatic rings. The molecule has 0 amide bonds. The van der Waals surface area contributed by atoms with Gasteiger partial charge in [-0.3, -0.25) is 0 Å². The van der Waals surface area contributed by atoms with E-state index < -0.39 is 17.2 Å². The molecule has 0 aliphatic heterocycles. The molecule has 0 unspecified atom stereocenters. The Morgan fingerprint density at radius 1 is 1.00 bits per heavy atom. The van der Waals surface area contributed by atoms with Gasteiger partial charge in [-0.25, -0.2) is 4.98 Å². The Bertz CT molecular complexity index is 632. The second kappa shape index (κ2) is 4.73. The molecular weight excluding hydrogens is 248 g/mol. The second-order valence-corrected chi connectivity index (χ2v) is 3.81. The number of phenols is 3. The van der Waals surface area contributed by atoms with Gasteiger partial charge in [-0.1, -0.05) is 6.08 Å². The maximum absolute atomic E-state index is 9.36. The summed E-state index contributed by atoms with van der Waals surface area (Å²) >= 11 is 0. The Labute approximate surface area is 108 Å². The molecule has 0 aliphatic carbocycles. The first kappa shape index (κ1) is 12.5. The predicted molar refractivity (Wildman–Crippen MR) is 71.2 cm³/mol. The summed E-state index contributed by atoms with van der Waals surface area (Å²) < 4.78 is 0. The van der Waals surface area contributed by atoms with Gasteiger partial charge in [0.1, 0.15) is 5.82 Å². The molecule has 0 atom stereocenters. The van der Waals surface area contributed by atoms with Crippen molar-refractivity contribution in [3.8, 4) is 17.2 Å². The molecule has 0 aliphatic rings. The minimum atomic E-state index is -0.563. The lowest BCUT2D eigenvalue weighted by Crippen LogP contribution is -2.00. The van der Waals surface area contributed by atoms with Crippen LogP contribution in [0.1, 0.15) is 11.1 Å². The van der Waals surface area contributed by atoms with Crippen molar-refractivity contribution >= 4 is 23.9 Å². The molecule has 7 nitrogen and oxygen atoms in total. The summed E-state index contributed by atoms with van der Waals surface area (Å²) in [5.74, 6) is -1.10. The summed E-state index contributed by atoms with van der Waals surface area (Å²) in [5.41, 5.74) is 12.0. The summed E-state index contributed by atoms with van der Waals surface area (Å²) in [6, 6.07) is 2.58. The third-order valence-electron chi connectivity index (χ3n) is 2.41. The molecular formula is C12H12N4O3. The molecule has 19 heavy (non-hydrogen) atoms. The summed E-state index contributed by atoms with van der Waals surface area (Å²) in [6.07, 6.45) is 4.62. The average Bonchev–Trinajstić information content (AvgIpc) is 2.34. The van der Waals surface area contributed by atoms with Gasteiger partial charge in [0.15, 0.2) is 17.2 Å². The standard InChI is InChI=1S/C12H12N4O3/c13-11-7(5-15-12(14)16-11)2-1-6-3-8(17)10(19)9(18)4-6/h1-5,17-19H,(H4,13,14,15,16)/b2-1-. The Hall–Kier alpha value is -2.96. The van der Waals surface area contributed by atoms with Crippen LogP contribution in [0.4, 0.5) is 11.8 Å². The second-order valence-electron chi connectivity index (χ2n) is 3.81. The van der Waals surface area contributed by atoms with E-state index in [1.54, 1.807) is 12.2 Å². The van der Waals surface area contributed by atoms with Gasteiger partial charge in [0, 0.05) is 11.8 Å². The highest BCUT2D eigenvalue weighted by Gasteiger charge is 2.06. The van der Waals surface area contributed by atoms with Crippen molar-refractivity contribution in [3.05, 3.63) is 29.5 Å². The van der Waals surface area contributed by atoms with Crippen LogP contribution in [-0.4, -0.2) is 25.3 Å². The van der Waals surface area contributed by atoms with Crippen molar-refractivity contribution in [3.63, 3.8) is 0 Å². The van der Waals surface area contributed by atoms with Crippen LogP contribution in [0.5, 0.6) is 17.2 Å². The van der Waals surface area contributed by atoms with Gasteiger partial charge in [-0.15, -0.1) is 0 Å². The Kier molecular flexibility index (Phi) is 3.11. The van der Waals surface area contributed by atoms with Crippen LogP contribution in [0.15, 0.2) is 18.3 Å². The van der Waals surface area contributed by atoms with Crippen molar-refractivity contribution in [1.82, 2.24) is 9.97 Å². The summed E-state index contributed by atoms with van der Waals surface area (Å²) in [5, 5.41) is 27.9. The monoisotopic (exact) mass is 260 g/mol. The minimum absolute atomic E-state index is 0.0783. The number of aromatic hydroxyl groups is 3. The quantitative estimate of drug-likeness (QED) is 0.506. The fourth-order valence-corrected chi connectivity index (χ4v) is 1.45. The lowest BCUT2D eigenvalue weighted by Gasteiger charge is -2.03. The van der Waals surface area contributed by atoms with E-state index in [9.17, 15) is 15.3 Å². The lowest BCUT2D eigenvalue weighted by atomic mass is 10.1. The third kappa shape index (κ3) is 2.65. The summed E-state index contributed by atoms with van der Waals surface area (Å²) in [6.45, 7) is 0. The molecule has 0 saturated heterocycles. The van der Waals surface area contributed by atoms with Crippen LogP contribution >= 0.6 is 0 Å². The fourth-order valence-electron chi connectivity index (χ4n) is 1.45. The van der Waals surface area contributed by atoms with E-state index in [2.05, 4.69) is 9.97 Å². The zero-order valence-corrected chi connectivity index (χ0v) is 9.78. The number of nitrogens with two attached hydrogens (primary N) is 2. The van der Waals surface area contributed by atoms with Gasteiger partial charge < -0.3 is 26.8 Å². The van der Waals surface area contributed by atoms with E-state index in [0.29, 0.717) is 11.1 Å². The highest BCUT2D eigenvalue weighted by atomic mass is 16.3. The molecule has 7 heteroatoms. The molecule has 0 spiro atoms. The number of hydrogen-bond donors (Lipinski definition) is 5. The fraction of sp³-hybridized carbons (Fsp3) is 0. The van der Waals surface area contributed by atoms with E-state index in [0.717, 1.165) is 0 Å². The Balaban J connectivity index is 2.32. The predicted octanol–water partition coefficient (Wildman–Crippen LogP) is 0.928. The first-order chi connectivity index (χ1) is 8.97. The SMILES string of the molecule is Nc1ncc(/C=C\c2cc(O)c(O)c(O)c2)c(N)n1. The number of nitrogens with zero attached hydrogens (tertiary/aromatic N) is 2. The average molecular weight is 260 g/mol. The molecule has 0 bridgehead atoms. The molecule has 1 heterocycles. The Morgan fingerprint density at radius 2 is 1.63 bits per heavy atom. The van der Waals surface area contributed by atoms with Crippen LogP contribution in [0.3, 0.4) is 0 Å². The largest absolute Gasteiger partial charge is 0.504 e. The first-order valence-corrected chi connectivity index (χ1v) is 5.28. The normalized spacial score (nSPS) is 10.9. The number of hydrogen-bond acceptors (Lipinski definition) is 7. The van der Waals surface area contributed by atoms with Crippen LogP contribution < -0.4 is 11.5 Å². The van der Waals surface area contributed by atoms with E-state index in [1.807, 2.05) is 0 Å². The van der Waals surface area contributed by atoms with Crippen LogP contribution in [0.25, 0.3) is 12.2 Å². The molecule has 0 radical (unpaired) electrons. The van der Waals surface area contributed by atoms with Crippen molar-refractivity contribution in [2.45, 2.75) is 0 Å². The lowest BCUT2D eigenvalue weighted by molar-refractivity contribution is 0.368. The molecule has 2 rings (SSSR count). The zero-order chi connectivity index (χ0) is 14.0. The number of nitrogen functional groups attached to an aromatic ring is 2. The summed E-state index contributed by atoms with van der Waals surface area (Å²) in [7, 11) is 0. The number of phenolic OH excluding ortho intramolecular Hbond substituents is 3. The van der Waals surface area contributed by atoms with E-state index in [1.165, 1.54) is 18.3 Å². The molecule has 1 aromatic heterocycles. The third-order valence-corrected chi connectivity index (χ3v) is 2.41. The highest BCUT2D eigenvalue weighted by Crippen LogP contribution is 2.35. The number of aromatic nitrogens is 2. The van der Waals surface area contributed by atoms with E-state index in [4.69, 9.17) is 11.5 Å². The number of benzene rings is 1. The van der Waals surface area contributed by atoms with Crippen molar-refractivity contribution < 1.29 is 15.3 Å². The number of rotatable bonds is 2. The van der Waals surface area contributed by atoms with Gasteiger partial charge in [0.05, 0.1) is 0 Å². The van der Waals surface area contributed by atoms with Crippen LogP contribution in [-0.2, 0) is 0 Å². The van der Waals surface area contributed by atoms with E-state index in [-0.39, 0.29) is 11.8 Å². The Morgan fingerprint density at radius 3 is 2.21 bits per heavy atom. The van der Waals surface area contributed by atoms with E-state index >= 15 is 0 Å². The maximum atomic E-state index is 9.36. The molecule has 7 N–H and O–H groups in total.